The molecule has 9 nitrogen and oxygen atoms in total. The lowest BCUT2D eigenvalue weighted by Crippen LogP contribution is -2.39. The minimum Gasteiger partial charge on any atom is -0.394 e. The summed E-state index contributed by atoms with van der Waals surface area (Å²) in [7, 11) is 0. The Bertz CT molecular complexity index is 889. The molecular formula is C18H21N7O2. The number of piperidine rings is 1. The molecule has 1 aromatic carbocycles. The van der Waals surface area contributed by atoms with Crippen molar-refractivity contribution < 1.29 is 9.90 Å². The Kier molecular flexibility index (Phi) is 4.93. The quantitative estimate of drug-likeness (QED) is 0.718. The van der Waals surface area contributed by atoms with E-state index < -0.39 is 0 Å². The number of aliphatic hydroxyl groups excluding tert-OH is 1. The van der Waals surface area contributed by atoms with Crippen LogP contribution in [-0.2, 0) is 6.54 Å². The standard InChI is InChI=1S/C18H21N7O2/c26-11-10-24-9-7-17(20-24)15-2-1-8-23(12-15)18(27)14-3-5-16(6-4-14)25-13-19-21-22-25/h3-7,9,13,15,26H,1-2,8,10-12H2. The van der Waals surface area contributed by atoms with Gasteiger partial charge in [-0.25, -0.2) is 4.68 Å². The molecule has 1 unspecified atom stereocenters. The first kappa shape index (κ1) is 17.3. The highest BCUT2D eigenvalue weighted by Crippen LogP contribution is 2.26. The molecule has 4 rings (SSSR count). The van der Waals surface area contributed by atoms with Crippen LogP contribution in [0.15, 0.2) is 42.9 Å². The van der Waals surface area contributed by atoms with Crippen LogP contribution >= 0.6 is 0 Å². The molecule has 1 fully saturated rings. The molecule has 1 aliphatic heterocycles. The molecule has 1 aliphatic rings. The van der Waals surface area contributed by atoms with Gasteiger partial charge in [-0.05, 0) is 53.6 Å². The Hall–Kier alpha value is -3.07. The summed E-state index contributed by atoms with van der Waals surface area (Å²) in [5.74, 6) is 0.251. The van der Waals surface area contributed by atoms with Crippen LogP contribution in [0, 0.1) is 0 Å². The predicted octanol–water partition coefficient (Wildman–Crippen LogP) is 0.871. The third kappa shape index (κ3) is 3.72. The minimum atomic E-state index is 0.0257. The van der Waals surface area contributed by atoms with E-state index in [1.165, 1.54) is 6.33 Å². The Morgan fingerprint density at radius 3 is 2.81 bits per heavy atom. The highest BCUT2D eigenvalue weighted by molar-refractivity contribution is 5.94. The van der Waals surface area contributed by atoms with Crippen LogP contribution in [0.2, 0.25) is 0 Å². The van der Waals surface area contributed by atoms with E-state index in [4.69, 9.17) is 5.11 Å². The maximum Gasteiger partial charge on any atom is 0.253 e. The van der Waals surface area contributed by atoms with Crippen LogP contribution in [0.4, 0.5) is 0 Å². The lowest BCUT2D eigenvalue weighted by Gasteiger charge is -2.32. The molecule has 0 bridgehead atoms. The van der Waals surface area contributed by atoms with Gasteiger partial charge in [-0.15, -0.1) is 5.10 Å². The van der Waals surface area contributed by atoms with Crippen molar-refractivity contribution >= 4 is 5.91 Å². The van der Waals surface area contributed by atoms with E-state index in [0.29, 0.717) is 18.7 Å². The number of hydrogen-bond acceptors (Lipinski definition) is 6. The van der Waals surface area contributed by atoms with Crippen LogP contribution in [0.1, 0.15) is 34.8 Å². The monoisotopic (exact) mass is 367 g/mol. The first-order chi connectivity index (χ1) is 13.2. The Morgan fingerprint density at radius 2 is 2.07 bits per heavy atom. The number of likely N-dealkylation sites (tertiary alicyclic amines) is 1. The second-order valence-corrected chi connectivity index (χ2v) is 6.62. The molecule has 0 saturated carbocycles. The van der Waals surface area contributed by atoms with Crippen LogP contribution in [0.3, 0.4) is 0 Å². The van der Waals surface area contributed by atoms with Gasteiger partial charge in [0, 0.05) is 30.8 Å². The molecule has 9 heteroatoms. The summed E-state index contributed by atoms with van der Waals surface area (Å²) < 4.78 is 3.29. The van der Waals surface area contributed by atoms with Gasteiger partial charge in [-0.3, -0.25) is 9.48 Å². The summed E-state index contributed by atoms with van der Waals surface area (Å²) in [6.07, 6.45) is 5.36. The summed E-state index contributed by atoms with van der Waals surface area (Å²) in [5, 5.41) is 24.6. The topological polar surface area (TPSA) is 102 Å². The van der Waals surface area contributed by atoms with E-state index in [9.17, 15) is 4.79 Å². The number of aliphatic hydroxyl groups is 1. The maximum absolute atomic E-state index is 12.9. The molecule has 0 radical (unpaired) electrons. The van der Waals surface area contributed by atoms with Crippen LogP contribution < -0.4 is 0 Å². The normalized spacial score (nSPS) is 17.2. The van der Waals surface area contributed by atoms with Crippen molar-refractivity contribution in [2.75, 3.05) is 19.7 Å². The van der Waals surface area contributed by atoms with E-state index in [2.05, 4.69) is 20.6 Å². The van der Waals surface area contributed by atoms with Gasteiger partial charge < -0.3 is 10.0 Å². The predicted molar refractivity (Wildman–Crippen MR) is 96.3 cm³/mol. The molecule has 1 amide bonds. The number of rotatable bonds is 5. The van der Waals surface area contributed by atoms with Crippen LogP contribution in [0.25, 0.3) is 5.69 Å². The number of aromatic nitrogens is 6. The van der Waals surface area contributed by atoms with Gasteiger partial charge in [-0.2, -0.15) is 5.10 Å². The van der Waals surface area contributed by atoms with Gasteiger partial charge in [0.1, 0.15) is 6.33 Å². The van der Waals surface area contributed by atoms with Gasteiger partial charge in [0.05, 0.1) is 24.5 Å². The number of amides is 1. The van der Waals surface area contributed by atoms with Crippen LogP contribution in [0.5, 0.6) is 0 Å². The zero-order chi connectivity index (χ0) is 18.6. The number of benzene rings is 1. The largest absolute Gasteiger partial charge is 0.394 e. The van der Waals surface area contributed by atoms with Crippen molar-refractivity contribution in [3.63, 3.8) is 0 Å². The molecule has 1 N–H and O–H groups in total. The highest BCUT2D eigenvalue weighted by atomic mass is 16.3. The first-order valence-electron chi connectivity index (χ1n) is 9.01. The summed E-state index contributed by atoms with van der Waals surface area (Å²) in [6.45, 7) is 1.96. The molecule has 3 aromatic rings. The molecule has 2 aromatic heterocycles. The summed E-state index contributed by atoms with van der Waals surface area (Å²) in [4.78, 5) is 14.8. The van der Waals surface area contributed by atoms with Gasteiger partial charge in [-0.1, -0.05) is 0 Å². The number of nitrogens with zero attached hydrogens (tertiary/aromatic N) is 7. The molecule has 3 heterocycles. The molecule has 1 atom stereocenters. The Morgan fingerprint density at radius 1 is 1.22 bits per heavy atom. The molecule has 0 aliphatic carbocycles. The SMILES string of the molecule is O=C(c1ccc(-n2cnnn2)cc1)N1CCCC(c2ccn(CCO)n2)C1. The van der Waals surface area contributed by atoms with Gasteiger partial charge in [0.2, 0.25) is 0 Å². The molecule has 0 spiro atoms. The minimum absolute atomic E-state index is 0.0257. The van der Waals surface area contributed by atoms with Gasteiger partial charge >= 0.3 is 0 Å². The Balaban J connectivity index is 1.45. The molecular weight excluding hydrogens is 346 g/mol. The van der Waals surface area contributed by atoms with Crippen molar-refractivity contribution in [3.8, 4) is 5.69 Å². The molecule has 1 saturated heterocycles. The Labute approximate surface area is 156 Å². The fourth-order valence-corrected chi connectivity index (χ4v) is 3.44. The molecule has 27 heavy (non-hydrogen) atoms. The highest BCUT2D eigenvalue weighted by Gasteiger charge is 2.26. The third-order valence-electron chi connectivity index (χ3n) is 4.85. The van der Waals surface area contributed by atoms with Crippen molar-refractivity contribution in [3.05, 3.63) is 54.1 Å². The number of carbonyl (C=O) groups excluding carboxylic acids is 1. The maximum atomic E-state index is 12.9. The zero-order valence-corrected chi connectivity index (χ0v) is 14.8. The summed E-state index contributed by atoms with van der Waals surface area (Å²) in [5.41, 5.74) is 2.44. The summed E-state index contributed by atoms with van der Waals surface area (Å²) >= 11 is 0. The smallest absolute Gasteiger partial charge is 0.253 e. The van der Waals surface area contributed by atoms with Crippen molar-refractivity contribution in [2.24, 2.45) is 0 Å². The van der Waals surface area contributed by atoms with Crippen molar-refractivity contribution in [1.29, 1.82) is 0 Å². The average Bonchev–Trinajstić information content (AvgIpc) is 3.40. The first-order valence-corrected chi connectivity index (χ1v) is 9.01. The van der Waals surface area contributed by atoms with E-state index >= 15 is 0 Å². The van der Waals surface area contributed by atoms with E-state index in [1.54, 1.807) is 21.5 Å². The van der Waals surface area contributed by atoms with E-state index in [0.717, 1.165) is 30.8 Å². The zero-order valence-electron chi connectivity index (χ0n) is 14.8. The summed E-state index contributed by atoms with van der Waals surface area (Å²) in [6, 6.07) is 9.26. The van der Waals surface area contributed by atoms with Gasteiger partial charge in [0.15, 0.2) is 0 Å². The fourth-order valence-electron chi connectivity index (χ4n) is 3.44. The van der Waals surface area contributed by atoms with Crippen molar-refractivity contribution in [1.82, 2.24) is 34.9 Å². The fraction of sp³-hybridized carbons (Fsp3) is 0.389. The second-order valence-electron chi connectivity index (χ2n) is 6.62. The third-order valence-corrected chi connectivity index (χ3v) is 4.85. The lowest BCUT2D eigenvalue weighted by atomic mass is 9.94. The van der Waals surface area contributed by atoms with Crippen molar-refractivity contribution in [2.45, 2.75) is 25.3 Å². The van der Waals surface area contributed by atoms with Crippen LogP contribution in [-0.4, -0.2) is 65.6 Å². The lowest BCUT2D eigenvalue weighted by molar-refractivity contribution is 0.0705. The second kappa shape index (κ2) is 7.67. The number of tetrazole rings is 1. The average molecular weight is 367 g/mol. The van der Waals surface area contributed by atoms with E-state index in [-0.39, 0.29) is 18.4 Å². The van der Waals surface area contributed by atoms with E-state index in [1.807, 2.05) is 29.3 Å². The molecule has 140 valence electrons. The number of hydrogen-bond donors (Lipinski definition) is 1. The number of carbonyl (C=O) groups is 1. The van der Waals surface area contributed by atoms with Gasteiger partial charge in [0.25, 0.3) is 5.91 Å².